The van der Waals surface area contributed by atoms with Gasteiger partial charge in [-0.05, 0) is 37.2 Å². The van der Waals surface area contributed by atoms with Gasteiger partial charge in [-0.1, -0.05) is 90.2 Å². The van der Waals surface area contributed by atoms with E-state index in [1.807, 2.05) is 48.6 Å². The molecule has 0 saturated heterocycles. The summed E-state index contributed by atoms with van der Waals surface area (Å²) >= 11 is 0. The number of allylic oxidation sites excluding steroid dienone is 10. The van der Waals surface area contributed by atoms with E-state index in [1.165, 1.54) is 15.7 Å². The van der Waals surface area contributed by atoms with Crippen molar-refractivity contribution in [3.05, 3.63) is 59.2 Å². The van der Waals surface area contributed by atoms with E-state index in [4.69, 9.17) is 0 Å². The molecule has 2 rings (SSSR count). The van der Waals surface area contributed by atoms with Crippen LogP contribution in [0.2, 0.25) is 0 Å². The molecule has 112 valence electrons. The molecule has 0 aromatic carbocycles. The number of hydrogen-bond acceptors (Lipinski definition) is 0. The topological polar surface area (TPSA) is 0 Å². The first kappa shape index (κ1) is 21.0. The van der Waals surface area contributed by atoms with Crippen LogP contribution in [0.15, 0.2) is 59.2 Å². The molecule has 0 fully saturated rings. The third-order valence-electron chi connectivity index (χ3n) is 2.78. The fraction of sp³-hybridized carbons (Fsp3) is 0.444. The largest absolute Gasteiger partial charge is 0.0623 e. The van der Waals surface area contributed by atoms with Gasteiger partial charge < -0.3 is 0 Å². The molecule has 0 N–H and O–H groups in total. The molecule has 0 radical (unpaired) electrons. The molecule has 21 heavy (non-hydrogen) atoms. The van der Waals surface area contributed by atoms with Crippen LogP contribution in [-0.2, 0) is 21.7 Å². The van der Waals surface area contributed by atoms with Gasteiger partial charge in [0.25, 0.3) is 0 Å². The van der Waals surface area contributed by atoms with Crippen molar-refractivity contribution in [2.24, 2.45) is 10.8 Å². The molecule has 1 aliphatic heterocycles. The summed E-state index contributed by atoms with van der Waals surface area (Å²) in [4.78, 5) is 0. The fourth-order valence-corrected chi connectivity index (χ4v) is 5.94. The Bertz CT molecular complexity index is 422. The molecule has 0 unspecified atom stereocenters. The molecule has 0 aromatic heterocycles. The second-order valence-electron chi connectivity index (χ2n) is 6.94. The van der Waals surface area contributed by atoms with Crippen molar-refractivity contribution in [3.8, 4) is 0 Å². The Kier molecular flexibility index (Phi) is 9.23. The Morgan fingerprint density at radius 1 is 0.524 bits per heavy atom. The van der Waals surface area contributed by atoms with Gasteiger partial charge in [0.1, 0.15) is 0 Å². The monoisotopic (exact) mass is 352 g/mol. The Balaban J connectivity index is 0.000000390. The normalized spacial score (nSPS) is 24.1. The molecule has 1 aliphatic carbocycles. The summed E-state index contributed by atoms with van der Waals surface area (Å²) in [6.45, 7) is 13.9. The molecule has 0 spiro atoms. The van der Waals surface area contributed by atoms with Gasteiger partial charge in [-0.3, -0.25) is 0 Å². The zero-order valence-corrected chi connectivity index (χ0v) is 17.4. The first-order valence-corrected chi connectivity index (χ1v) is 9.56. The third-order valence-corrected chi connectivity index (χ3v) is 6.75. The van der Waals surface area contributed by atoms with Gasteiger partial charge in [0.05, 0.1) is 0 Å². The first-order valence-electron chi connectivity index (χ1n) is 7.06. The van der Waals surface area contributed by atoms with Crippen LogP contribution in [0.5, 0.6) is 0 Å². The van der Waals surface area contributed by atoms with E-state index in [-0.39, 0.29) is 21.7 Å². The first-order chi connectivity index (χ1) is 9.23. The Labute approximate surface area is 148 Å². The minimum atomic E-state index is 0. The maximum Gasteiger partial charge on any atom is 0 e. The number of hydrogen-bond donors (Lipinski definition) is 0. The van der Waals surface area contributed by atoms with Gasteiger partial charge in [-0.2, -0.15) is 0 Å². The van der Waals surface area contributed by atoms with Crippen LogP contribution in [0.25, 0.3) is 0 Å². The van der Waals surface area contributed by atoms with Crippen LogP contribution >= 0.6 is 15.7 Å². The molecular formula is C18H26P2Ti. The van der Waals surface area contributed by atoms with Gasteiger partial charge >= 0.3 is 0 Å². The molecule has 0 amide bonds. The summed E-state index contributed by atoms with van der Waals surface area (Å²) in [5.41, 5.74) is 0.769. The maximum absolute atomic E-state index is 2.32. The van der Waals surface area contributed by atoms with Crippen molar-refractivity contribution in [1.82, 2.24) is 0 Å². The SMILES string of the molecule is C1=C\C=C/C=C\C=C/1.CC(C)(C)C1=C(C(C)(C)C)P=P1.[Ti]. The minimum Gasteiger partial charge on any atom is -0.0623 e. The molecule has 2 aliphatic rings. The second-order valence-corrected chi connectivity index (χ2v) is 9.43. The zero-order valence-electron chi connectivity index (χ0n) is 14.0. The quantitative estimate of drug-likeness (QED) is 0.316. The molecule has 0 nitrogen and oxygen atoms in total. The van der Waals surface area contributed by atoms with Crippen LogP contribution in [0.4, 0.5) is 0 Å². The second kappa shape index (κ2) is 9.22. The molecular weight excluding hydrogens is 326 g/mol. The molecule has 0 aromatic rings. The van der Waals surface area contributed by atoms with Crippen molar-refractivity contribution in [2.75, 3.05) is 0 Å². The van der Waals surface area contributed by atoms with E-state index < -0.39 is 0 Å². The van der Waals surface area contributed by atoms with E-state index in [0.29, 0.717) is 10.8 Å². The van der Waals surface area contributed by atoms with E-state index in [1.54, 1.807) is 10.6 Å². The van der Waals surface area contributed by atoms with Crippen LogP contribution < -0.4 is 0 Å². The molecule has 0 saturated carbocycles. The summed E-state index contributed by atoms with van der Waals surface area (Å²) in [5.74, 6) is 0. The summed E-state index contributed by atoms with van der Waals surface area (Å²) in [6.07, 6.45) is 16.0. The molecule has 0 atom stereocenters. The molecule has 1 heterocycles. The Morgan fingerprint density at radius 2 is 0.714 bits per heavy atom. The summed E-state index contributed by atoms with van der Waals surface area (Å²) < 4.78 is 0. The average molecular weight is 352 g/mol. The van der Waals surface area contributed by atoms with E-state index in [9.17, 15) is 0 Å². The third kappa shape index (κ3) is 7.72. The van der Waals surface area contributed by atoms with Gasteiger partial charge in [0.15, 0.2) is 0 Å². The summed E-state index contributed by atoms with van der Waals surface area (Å²) in [5, 5.41) is 3.33. The summed E-state index contributed by atoms with van der Waals surface area (Å²) in [7, 11) is 3.07. The van der Waals surface area contributed by atoms with E-state index in [2.05, 4.69) is 41.5 Å². The van der Waals surface area contributed by atoms with Crippen LogP contribution in [0.3, 0.4) is 0 Å². The van der Waals surface area contributed by atoms with Crippen molar-refractivity contribution in [1.29, 1.82) is 0 Å². The molecule has 3 heteroatoms. The fourth-order valence-electron chi connectivity index (χ4n) is 1.67. The van der Waals surface area contributed by atoms with Crippen molar-refractivity contribution < 1.29 is 21.7 Å². The van der Waals surface area contributed by atoms with E-state index in [0.717, 1.165) is 0 Å². The van der Waals surface area contributed by atoms with E-state index >= 15 is 0 Å². The predicted molar refractivity (Wildman–Crippen MR) is 96.3 cm³/mol. The predicted octanol–water partition coefficient (Wildman–Crippen LogP) is 7.33. The summed E-state index contributed by atoms with van der Waals surface area (Å²) in [6, 6.07) is 0. The van der Waals surface area contributed by atoms with Gasteiger partial charge in [0, 0.05) is 21.7 Å². The minimum absolute atomic E-state index is 0. The Morgan fingerprint density at radius 3 is 0.810 bits per heavy atom. The van der Waals surface area contributed by atoms with Crippen molar-refractivity contribution >= 4 is 15.7 Å². The van der Waals surface area contributed by atoms with Crippen LogP contribution in [0, 0.1) is 10.8 Å². The smallest absolute Gasteiger partial charge is 0 e. The van der Waals surface area contributed by atoms with Crippen LogP contribution in [0.1, 0.15) is 41.5 Å². The maximum atomic E-state index is 2.32. The van der Waals surface area contributed by atoms with Gasteiger partial charge in [-0.25, -0.2) is 0 Å². The van der Waals surface area contributed by atoms with Crippen molar-refractivity contribution in [3.63, 3.8) is 0 Å². The van der Waals surface area contributed by atoms with Crippen LogP contribution in [-0.4, -0.2) is 0 Å². The number of rotatable bonds is 0. The van der Waals surface area contributed by atoms with Gasteiger partial charge in [-0.15, -0.1) is 0 Å². The average Bonchev–Trinajstić information content (AvgIpc) is 2.08. The zero-order chi connectivity index (χ0) is 15.2. The Hall–Kier alpha value is 0.0143. The van der Waals surface area contributed by atoms with Crippen molar-refractivity contribution in [2.45, 2.75) is 41.5 Å². The standard InChI is InChI=1S/C10H18P2.C8H8.Ti/c1-9(2,3)7-8(12-11-7)10(4,5)6;1-2-4-6-8-7-5-3-1;/h1-6H3;1-8H;/b;2-1-,3-1?,4-2?,5-3-,6-4-,7-5?,8-6?,8-7-;. The van der Waals surface area contributed by atoms with Gasteiger partial charge in [0.2, 0.25) is 0 Å². The molecule has 0 bridgehead atoms.